The molecule has 1 fully saturated rings. The number of hydrogen-bond acceptors (Lipinski definition) is 4. The molecule has 2 atom stereocenters. The first kappa shape index (κ1) is 17.4. The molecule has 0 aliphatic carbocycles. The molecule has 2 rings (SSSR count). The number of methoxy groups -OCH3 is 1. The molecule has 6 nitrogen and oxygen atoms in total. The van der Waals surface area contributed by atoms with E-state index in [2.05, 4.69) is 5.32 Å². The predicted molar refractivity (Wildman–Crippen MR) is 85.9 cm³/mol. The smallest absolute Gasteiger partial charge is 0.251 e. The third-order valence-corrected chi connectivity index (χ3v) is 4.07. The Balaban J connectivity index is 2.17. The summed E-state index contributed by atoms with van der Waals surface area (Å²) in [5.74, 6) is -0.324. The quantitative estimate of drug-likeness (QED) is 0.796. The maximum Gasteiger partial charge on any atom is 0.251 e. The van der Waals surface area contributed by atoms with Crippen LogP contribution >= 0.6 is 0 Å². The van der Waals surface area contributed by atoms with Crippen LogP contribution in [-0.2, 0) is 19.1 Å². The summed E-state index contributed by atoms with van der Waals surface area (Å²) in [5, 5.41) is 2.86. The molecular formula is C17H24N2O4. The van der Waals surface area contributed by atoms with E-state index in [1.807, 2.05) is 31.2 Å². The molecule has 6 heteroatoms. The van der Waals surface area contributed by atoms with Crippen molar-refractivity contribution in [1.82, 2.24) is 10.2 Å². The summed E-state index contributed by atoms with van der Waals surface area (Å²) in [7, 11) is 3.34. The number of nitrogens with one attached hydrogen (secondary N) is 1. The Hall–Kier alpha value is -1.92. The Labute approximate surface area is 136 Å². The van der Waals surface area contributed by atoms with Crippen LogP contribution in [0.25, 0.3) is 0 Å². The minimum absolute atomic E-state index is 0.0744. The molecule has 1 aromatic carbocycles. The topological polar surface area (TPSA) is 67.9 Å². The lowest BCUT2D eigenvalue weighted by atomic mass is 9.94. The first-order chi connectivity index (χ1) is 11.1. The van der Waals surface area contributed by atoms with Crippen molar-refractivity contribution in [2.45, 2.75) is 25.5 Å². The van der Waals surface area contributed by atoms with Crippen LogP contribution in [0.15, 0.2) is 24.3 Å². The van der Waals surface area contributed by atoms with Crippen molar-refractivity contribution in [3.63, 3.8) is 0 Å². The Morgan fingerprint density at radius 2 is 2.17 bits per heavy atom. The van der Waals surface area contributed by atoms with Crippen molar-refractivity contribution < 1.29 is 19.1 Å². The zero-order valence-electron chi connectivity index (χ0n) is 13.9. The number of ether oxygens (including phenoxy) is 2. The largest absolute Gasteiger partial charge is 0.385 e. The third kappa shape index (κ3) is 4.09. The lowest BCUT2D eigenvalue weighted by Crippen LogP contribution is -2.53. The Morgan fingerprint density at radius 1 is 1.43 bits per heavy atom. The van der Waals surface area contributed by atoms with Crippen LogP contribution in [0.2, 0.25) is 0 Å². The number of morpholine rings is 1. The SMILES string of the molecule is COCCCNC(=O)C1OCC(=O)N(C)C1c1ccccc1C. The van der Waals surface area contributed by atoms with Gasteiger partial charge in [-0.2, -0.15) is 0 Å². The van der Waals surface area contributed by atoms with Gasteiger partial charge in [0.25, 0.3) is 5.91 Å². The average molecular weight is 320 g/mol. The van der Waals surface area contributed by atoms with E-state index >= 15 is 0 Å². The first-order valence-electron chi connectivity index (χ1n) is 7.75. The Morgan fingerprint density at radius 3 is 2.87 bits per heavy atom. The summed E-state index contributed by atoms with van der Waals surface area (Å²) in [5.41, 5.74) is 1.96. The van der Waals surface area contributed by atoms with Crippen LogP contribution in [0, 0.1) is 6.92 Å². The molecule has 0 aromatic heterocycles. The van der Waals surface area contributed by atoms with Crippen molar-refractivity contribution >= 4 is 11.8 Å². The number of aryl methyl sites for hydroxylation is 1. The van der Waals surface area contributed by atoms with Crippen LogP contribution in [-0.4, -0.2) is 56.7 Å². The van der Waals surface area contributed by atoms with E-state index in [-0.39, 0.29) is 18.4 Å². The van der Waals surface area contributed by atoms with E-state index in [4.69, 9.17) is 9.47 Å². The second-order valence-electron chi connectivity index (χ2n) is 5.68. The van der Waals surface area contributed by atoms with Crippen LogP contribution in [0.5, 0.6) is 0 Å². The van der Waals surface area contributed by atoms with Crippen molar-refractivity contribution in [3.8, 4) is 0 Å². The van der Waals surface area contributed by atoms with Gasteiger partial charge in [0, 0.05) is 27.3 Å². The molecule has 1 saturated heterocycles. The van der Waals surface area contributed by atoms with Crippen LogP contribution in [0.1, 0.15) is 23.6 Å². The van der Waals surface area contributed by atoms with Gasteiger partial charge in [0.15, 0.2) is 6.10 Å². The molecule has 0 spiro atoms. The second kappa shape index (κ2) is 8.08. The van der Waals surface area contributed by atoms with Crippen LogP contribution in [0.4, 0.5) is 0 Å². The highest BCUT2D eigenvalue weighted by Crippen LogP contribution is 2.31. The minimum atomic E-state index is -0.707. The standard InChI is InChI=1S/C17H24N2O4/c1-12-7-4-5-8-13(12)15-16(23-11-14(20)19(15)2)17(21)18-9-6-10-22-3/h4-5,7-8,15-16H,6,9-11H2,1-3H3,(H,18,21). The van der Waals surface area contributed by atoms with Gasteiger partial charge >= 0.3 is 0 Å². The maximum absolute atomic E-state index is 12.5. The molecule has 126 valence electrons. The maximum atomic E-state index is 12.5. The van der Waals surface area contributed by atoms with E-state index in [9.17, 15) is 9.59 Å². The van der Waals surface area contributed by atoms with Crippen molar-refractivity contribution in [2.24, 2.45) is 0 Å². The fraction of sp³-hybridized carbons (Fsp3) is 0.529. The fourth-order valence-electron chi connectivity index (χ4n) is 2.75. The van der Waals surface area contributed by atoms with Crippen LogP contribution < -0.4 is 5.32 Å². The van der Waals surface area contributed by atoms with Gasteiger partial charge in [-0.1, -0.05) is 24.3 Å². The lowest BCUT2D eigenvalue weighted by Gasteiger charge is -2.38. The zero-order valence-corrected chi connectivity index (χ0v) is 13.9. The molecule has 0 bridgehead atoms. The number of likely N-dealkylation sites (N-methyl/N-ethyl adjacent to an activating group) is 1. The Kier molecular flexibility index (Phi) is 6.12. The summed E-state index contributed by atoms with van der Waals surface area (Å²) >= 11 is 0. The highest BCUT2D eigenvalue weighted by Gasteiger charge is 2.40. The number of rotatable bonds is 6. The van der Waals surface area contributed by atoms with E-state index in [1.54, 1.807) is 19.1 Å². The second-order valence-corrected chi connectivity index (χ2v) is 5.68. The molecule has 0 radical (unpaired) electrons. The van der Waals surface area contributed by atoms with Gasteiger partial charge < -0.3 is 19.7 Å². The molecule has 1 heterocycles. The normalized spacial score (nSPS) is 21.3. The van der Waals surface area contributed by atoms with Crippen LogP contribution in [0.3, 0.4) is 0 Å². The molecule has 1 aliphatic heterocycles. The molecule has 2 amide bonds. The molecule has 1 aliphatic rings. The summed E-state index contributed by atoms with van der Waals surface area (Å²) in [6, 6.07) is 7.33. The number of carbonyl (C=O) groups is 2. The number of hydrogen-bond donors (Lipinski definition) is 1. The van der Waals surface area contributed by atoms with Crippen molar-refractivity contribution in [3.05, 3.63) is 35.4 Å². The third-order valence-electron chi connectivity index (χ3n) is 4.07. The highest BCUT2D eigenvalue weighted by molar-refractivity contribution is 5.86. The molecule has 1 aromatic rings. The monoisotopic (exact) mass is 320 g/mol. The molecule has 23 heavy (non-hydrogen) atoms. The molecule has 1 N–H and O–H groups in total. The van der Waals surface area contributed by atoms with E-state index < -0.39 is 12.1 Å². The van der Waals surface area contributed by atoms with Gasteiger partial charge in [-0.3, -0.25) is 9.59 Å². The number of amides is 2. The average Bonchev–Trinajstić information content (AvgIpc) is 2.55. The predicted octanol–water partition coefficient (Wildman–Crippen LogP) is 1.05. The van der Waals surface area contributed by atoms with E-state index in [0.29, 0.717) is 13.2 Å². The zero-order chi connectivity index (χ0) is 16.8. The fourth-order valence-corrected chi connectivity index (χ4v) is 2.75. The molecule has 2 unspecified atom stereocenters. The van der Waals surface area contributed by atoms with E-state index in [1.165, 1.54) is 0 Å². The van der Waals surface area contributed by atoms with Gasteiger partial charge in [0.1, 0.15) is 6.61 Å². The molecule has 0 saturated carbocycles. The lowest BCUT2D eigenvalue weighted by molar-refractivity contribution is -0.162. The van der Waals surface area contributed by atoms with Gasteiger partial charge in [-0.05, 0) is 24.5 Å². The van der Waals surface area contributed by atoms with Gasteiger partial charge in [-0.15, -0.1) is 0 Å². The summed E-state index contributed by atoms with van der Waals surface area (Å²) in [6.07, 6.45) is 0.0278. The first-order valence-corrected chi connectivity index (χ1v) is 7.75. The van der Waals surface area contributed by atoms with Crippen molar-refractivity contribution in [1.29, 1.82) is 0 Å². The van der Waals surface area contributed by atoms with Gasteiger partial charge in [0.2, 0.25) is 5.91 Å². The van der Waals surface area contributed by atoms with E-state index in [0.717, 1.165) is 17.5 Å². The van der Waals surface area contributed by atoms with Crippen molar-refractivity contribution in [2.75, 3.05) is 33.9 Å². The number of benzene rings is 1. The minimum Gasteiger partial charge on any atom is -0.385 e. The summed E-state index contributed by atoms with van der Waals surface area (Å²) in [4.78, 5) is 26.1. The number of carbonyl (C=O) groups excluding carboxylic acids is 2. The highest BCUT2D eigenvalue weighted by atomic mass is 16.5. The van der Waals surface area contributed by atoms with Gasteiger partial charge in [-0.25, -0.2) is 0 Å². The van der Waals surface area contributed by atoms with Gasteiger partial charge in [0.05, 0.1) is 6.04 Å². The Bertz CT molecular complexity index is 561. The summed E-state index contributed by atoms with van der Waals surface area (Å²) in [6.45, 7) is 3.00. The summed E-state index contributed by atoms with van der Waals surface area (Å²) < 4.78 is 10.5. The molecular weight excluding hydrogens is 296 g/mol. The number of nitrogens with zero attached hydrogens (tertiary/aromatic N) is 1.